The number of carbonyl (C=O) groups is 1. The van der Waals surface area contributed by atoms with Crippen LogP contribution in [0.25, 0.3) is 11.4 Å². The molecule has 0 atom stereocenters. The summed E-state index contributed by atoms with van der Waals surface area (Å²) in [5.74, 6) is -1.13. The number of aliphatic carboxylic acids is 1. The fourth-order valence-corrected chi connectivity index (χ4v) is 1.29. The maximum Gasteiger partial charge on any atom is 0.211 e. The molecule has 2 aromatic heterocycles. The van der Waals surface area contributed by atoms with Crippen molar-refractivity contribution in [1.82, 2.24) is 10.1 Å². The van der Waals surface area contributed by atoms with Gasteiger partial charge in [0.1, 0.15) is 11.7 Å². The van der Waals surface area contributed by atoms with Gasteiger partial charge < -0.3 is 9.90 Å². The van der Waals surface area contributed by atoms with E-state index in [1.165, 1.54) is 4.68 Å². The second kappa shape index (κ2) is 3.91. The molecule has 0 unspecified atom stereocenters. The minimum absolute atomic E-state index is 0.188. The van der Waals surface area contributed by atoms with Crippen LogP contribution in [0.5, 0.6) is 0 Å². The van der Waals surface area contributed by atoms with Crippen molar-refractivity contribution in [1.29, 1.82) is 0 Å². The molecule has 0 fully saturated rings. The van der Waals surface area contributed by atoms with Gasteiger partial charge in [0, 0.05) is 12.3 Å². The van der Waals surface area contributed by atoms with Gasteiger partial charge in [0.05, 0.1) is 5.69 Å². The van der Waals surface area contributed by atoms with Crippen LogP contribution in [-0.4, -0.2) is 16.1 Å². The van der Waals surface area contributed by atoms with Crippen LogP contribution in [0.2, 0.25) is 0 Å². The van der Waals surface area contributed by atoms with Gasteiger partial charge in [-0.15, -0.1) is 4.68 Å². The average Bonchev–Trinajstić information content (AvgIpc) is 2.67. The van der Waals surface area contributed by atoms with E-state index in [0.29, 0.717) is 0 Å². The molecule has 2 rings (SSSR count). The van der Waals surface area contributed by atoms with Crippen molar-refractivity contribution >= 4 is 5.97 Å². The zero-order valence-electron chi connectivity index (χ0n) is 7.88. The Morgan fingerprint density at radius 2 is 2.33 bits per heavy atom. The molecular formula is C10H9N3O2. The molecule has 0 bridgehead atoms. The summed E-state index contributed by atoms with van der Waals surface area (Å²) in [4.78, 5) is 14.5. The Bertz CT molecular complexity index is 465. The molecular weight excluding hydrogens is 194 g/mol. The van der Waals surface area contributed by atoms with Gasteiger partial charge in [-0.25, -0.2) is 0 Å². The summed E-state index contributed by atoms with van der Waals surface area (Å²) in [6.45, 7) is -0.188. The average molecular weight is 203 g/mol. The van der Waals surface area contributed by atoms with Crippen molar-refractivity contribution in [3.8, 4) is 11.4 Å². The lowest BCUT2D eigenvalue weighted by Gasteiger charge is -1.94. The van der Waals surface area contributed by atoms with E-state index in [1.54, 1.807) is 18.5 Å². The lowest BCUT2D eigenvalue weighted by atomic mass is 10.3. The van der Waals surface area contributed by atoms with E-state index in [-0.39, 0.29) is 6.54 Å². The number of nitrogens with one attached hydrogen (secondary N) is 1. The molecule has 2 aromatic rings. The molecule has 5 nitrogen and oxygen atoms in total. The van der Waals surface area contributed by atoms with Crippen molar-refractivity contribution < 1.29 is 14.6 Å². The Morgan fingerprint density at radius 3 is 3.00 bits per heavy atom. The minimum Gasteiger partial charge on any atom is -0.544 e. The Kier molecular flexibility index (Phi) is 2.45. The number of aromatic nitrogens is 3. The monoisotopic (exact) mass is 203 g/mol. The quantitative estimate of drug-likeness (QED) is 0.658. The van der Waals surface area contributed by atoms with Gasteiger partial charge in [-0.2, -0.15) is 5.10 Å². The second-order valence-corrected chi connectivity index (χ2v) is 3.06. The third-order valence-electron chi connectivity index (χ3n) is 1.93. The summed E-state index contributed by atoms with van der Waals surface area (Å²) < 4.78 is 1.43. The first-order valence-corrected chi connectivity index (χ1v) is 4.45. The predicted octanol–water partition coefficient (Wildman–Crippen LogP) is -0.886. The van der Waals surface area contributed by atoms with E-state index in [9.17, 15) is 9.90 Å². The number of rotatable bonds is 3. The summed E-state index contributed by atoms with van der Waals surface area (Å²) in [7, 11) is 0. The largest absolute Gasteiger partial charge is 0.544 e. The minimum atomic E-state index is -1.13. The van der Waals surface area contributed by atoms with Crippen molar-refractivity contribution in [3.05, 3.63) is 36.7 Å². The summed E-state index contributed by atoms with van der Waals surface area (Å²) in [6, 6.07) is 7.30. The molecule has 0 amide bonds. The van der Waals surface area contributed by atoms with Crippen LogP contribution in [-0.2, 0) is 11.3 Å². The maximum absolute atomic E-state index is 10.3. The first kappa shape index (κ1) is 9.39. The number of nitrogens with zero attached hydrogens (tertiary/aromatic N) is 2. The molecule has 76 valence electrons. The van der Waals surface area contributed by atoms with E-state index in [2.05, 4.69) is 10.1 Å². The summed E-state index contributed by atoms with van der Waals surface area (Å²) in [6.07, 6.45) is 3.32. The van der Waals surface area contributed by atoms with Crippen molar-refractivity contribution in [2.45, 2.75) is 6.54 Å². The van der Waals surface area contributed by atoms with Gasteiger partial charge in [-0.1, -0.05) is 6.07 Å². The maximum atomic E-state index is 10.3. The zero-order valence-corrected chi connectivity index (χ0v) is 7.88. The molecule has 0 aromatic carbocycles. The summed E-state index contributed by atoms with van der Waals surface area (Å²) in [5, 5.41) is 13.2. The predicted molar refractivity (Wildman–Crippen MR) is 49.2 cm³/mol. The van der Waals surface area contributed by atoms with Crippen LogP contribution in [0.15, 0.2) is 36.7 Å². The first-order valence-electron chi connectivity index (χ1n) is 4.45. The molecule has 2 heterocycles. The second-order valence-electron chi connectivity index (χ2n) is 3.06. The molecule has 0 saturated carbocycles. The lowest BCUT2D eigenvalue weighted by molar-refractivity contribution is -0.742. The van der Waals surface area contributed by atoms with E-state index in [4.69, 9.17) is 0 Å². The van der Waals surface area contributed by atoms with Crippen molar-refractivity contribution in [2.75, 3.05) is 0 Å². The highest BCUT2D eigenvalue weighted by Crippen LogP contribution is 2.10. The highest BCUT2D eigenvalue weighted by Gasteiger charge is 2.07. The molecule has 0 aliphatic carbocycles. The van der Waals surface area contributed by atoms with Gasteiger partial charge >= 0.3 is 0 Å². The van der Waals surface area contributed by atoms with E-state index in [1.807, 2.05) is 18.2 Å². The smallest absolute Gasteiger partial charge is 0.211 e. The summed E-state index contributed by atoms with van der Waals surface area (Å²) in [5.41, 5.74) is 1.55. The van der Waals surface area contributed by atoms with Crippen LogP contribution in [0.3, 0.4) is 0 Å². The van der Waals surface area contributed by atoms with Gasteiger partial charge in [0.15, 0.2) is 6.20 Å². The Hall–Kier alpha value is -2.17. The standard InChI is InChI=1S/C10H9N3O2/c14-10(15)7-13-6-4-9(12-13)8-3-1-2-5-11-8/h1-6H,7H2,(H,14,15). The number of carboxylic acids is 1. The highest BCUT2D eigenvalue weighted by atomic mass is 16.4. The third-order valence-corrected chi connectivity index (χ3v) is 1.93. The normalized spacial score (nSPS) is 10.1. The van der Waals surface area contributed by atoms with Gasteiger partial charge in [-0.3, -0.25) is 4.98 Å². The van der Waals surface area contributed by atoms with E-state index < -0.39 is 5.97 Å². The van der Waals surface area contributed by atoms with E-state index in [0.717, 1.165) is 11.4 Å². The van der Waals surface area contributed by atoms with Crippen LogP contribution in [0.4, 0.5) is 0 Å². The van der Waals surface area contributed by atoms with Crippen LogP contribution in [0.1, 0.15) is 0 Å². The molecule has 0 saturated heterocycles. The molecule has 1 N–H and O–H groups in total. The topological polar surface area (TPSA) is 72.7 Å². The number of hydrogen-bond donors (Lipinski definition) is 1. The van der Waals surface area contributed by atoms with Crippen LogP contribution in [0, 0.1) is 0 Å². The Labute approximate surface area is 86.0 Å². The molecule has 5 heteroatoms. The molecule has 0 aliphatic heterocycles. The molecule has 0 aliphatic rings. The van der Waals surface area contributed by atoms with Gasteiger partial charge in [0.2, 0.25) is 6.54 Å². The number of hydrogen-bond acceptors (Lipinski definition) is 3. The van der Waals surface area contributed by atoms with Gasteiger partial charge in [0.25, 0.3) is 0 Å². The number of carboxylic acid groups (broad SMARTS) is 1. The number of pyridine rings is 1. The third kappa shape index (κ3) is 2.19. The number of H-pyrrole nitrogens is 1. The van der Waals surface area contributed by atoms with Gasteiger partial charge in [-0.05, 0) is 12.1 Å². The summed E-state index contributed by atoms with van der Waals surface area (Å²) >= 11 is 0. The Balaban J connectivity index is 2.24. The van der Waals surface area contributed by atoms with Crippen molar-refractivity contribution in [3.63, 3.8) is 0 Å². The zero-order chi connectivity index (χ0) is 10.7. The molecule has 15 heavy (non-hydrogen) atoms. The Morgan fingerprint density at radius 1 is 1.47 bits per heavy atom. The van der Waals surface area contributed by atoms with Crippen molar-refractivity contribution in [2.24, 2.45) is 0 Å². The van der Waals surface area contributed by atoms with Crippen LogP contribution >= 0.6 is 0 Å². The molecule has 0 spiro atoms. The fourth-order valence-electron chi connectivity index (χ4n) is 1.29. The number of carbonyl (C=O) groups excluding carboxylic acids is 1. The first-order chi connectivity index (χ1) is 7.25. The highest BCUT2D eigenvalue weighted by molar-refractivity contribution is 5.62. The van der Waals surface area contributed by atoms with E-state index >= 15 is 0 Å². The SMILES string of the molecule is O=C([O-])C[n+]1ccc(-c2ccccn2)[nH]1. The van der Waals surface area contributed by atoms with Crippen LogP contribution < -0.4 is 9.79 Å². The fraction of sp³-hybridized carbons (Fsp3) is 0.100. The lowest BCUT2D eigenvalue weighted by Crippen LogP contribution is -2.44. The number of aromatic amines is 1. The molecule has 0 radical (unpaired) electrons.